The van der Waals surface area contributed by atoms with Crippen molar-refractivity contribution < 1.29 is 22.2 Å². The molecule has 4 rings (SSSR count). The first-order chi connectivity index (χ1) is 15.5. The molecule has 8 nitrogen and oxygen atoms in total. The maximum atomic E-state index is 12.9. The minimum absolute atomic E-state index is 0.000162. The Balaban J connectivity index is 1.44. The molecular formula is C20H19F3N6O2S2. The number of anilines is 2. The Morgan fingerprint density at radius 1 is 1.12 bits per heavy atom. The van der Waals surface area contributed by atoms with Gasteiger partial charge in [0.25, 0.3) is 0 Å². The van der Waals surface area contributed by atoms with Crippen molar-refractivity contribution in [2.45, 2.75) is 43.5 Å². The Kier molecular flexibility index (Phi) is 6.18. The molecule has 1 unspecified atom stereocenters. The minimum atomic E-state index is -4.51. The molecule has 0 aliphatic heterocycles. The monoisotopic (exact) mass is 496 g/mol. The van der Waals surface area contributed by atoms with Gasteiger partial charge in [0.1, 0.15) is 11.0 Å². The highest BCUT2D eigenvalue weighted by Gasteiger charge is 2.34. The Morgan fingerprint density at radius 2 is 1.82 bits per heavy atom. The average Bonchev–Trinajstić information content (AvgIpc) is 3.52. The summed E-state index contributed by atoms with van der Waals surface area (Å²) in [5.74, 6) is -0.420. The number of hydrogen-bond donors (Lipinski definition) is 2. The zero-order valence-corrected chi connectivity index (χ0v) is 19.1. The lowest BCUT2D eigenvalue weighted by Crippen LogP contribution is -2.35. The second-order valence-corrected chi connectivity index (χ2v) is 10.3. The zero-order chi connectivity index (χ0) is 23.8. The molecule has 174 valence electrons. The SMILES string of the molecule is CC(C)(C(=O)Nc1ncc(-c2cncc(C(F)(F)F)c2)cn1)c1csc(NS(=O)C2CC2)n1. The van der Waals surface area contributed by atoms with Crippen LogP contribution in [0.5, 0.6) is 0 Å². The zero-order valence-electron chi connectivity index (χ0n) is 17.5. The number of nitrogens with one attached hydrogen (secondary N) is 2. The first-order valence-electron chi connectivity index (χ1n) is 9.83. The van der Waals surface area contributed by atoms with Gasteiger partial charge in [-0.2, -0.15) is 13.2 Å². The summed E-state index contributed by atoms with van der Waals surface area (Å²) in [6.45, 7) is 3.36. The van der Waals surface area contributed by atoms with Crippen LogP contribution in [0.1, 0.15) is 37.9 Å². The second kappa shape index (κ2) is 8.78. The van der Waals surface area contributed by atoms with Gasteiger partial charge in [0, 0.05) is 41.3 Å². The fourth-order valence-electron chi connectivity index (χ4n) is 2.73. The summed E-state index contributed by atoms with van der Waals surface area (Å²) in [5, 5.41) is 4.95. The minimum Gasteiger partial charge on any atom is -0.294 e. The quantitative estimate of drug-likeness (QED) is 0.508. The van der Waals surface area contributed by atoms with E-state index < -0.39 is 34.0 Å². The summed E-state index contributed by atoms with van der Waals surface area (Å²) < 4.78 is 53.6. The lowest BCUT2D eigenvalue weighted by Gasteiger charge is -2.20. The van der Waals surface area contributed by atoms with Gasteiger partial charge >= 0.3 is 6.18 Å². The molecule has 33 heavy (non-hydrogen) atoms. The first-order valence-corrected chi connectivity index (χ1v) is 11.9. The summed E-state index contributed by atoms with van der Waals surface area (Å²) in [6, 6.07) is 0.956. The van der Waals surface area contributed by atoms with Crippen LogP contribution in [0.4, 0.5) is 24.3 Å². The lowest BCUT2D eigenvalue weighted by atomic mass is 9.89. The van der Waals surface area contributed by atoms with E-state index in [0.717, 1.165) is 25.1 Å². The molecule has 2 N–H and O–H groups in total. The summed E-state index contributed by atoms with van der Waals surface area (Å²) >= 11 is 1.26. The van der Waals surface area contributed by atoms with Crippen LogP contribution in [0.3, 0.4) is 0 Å². The Hall–Kier alpha value is -2.93. The number of alkyl halides is 3. The molecule has 1 atom stereocenters. The Labute approximate surface area is 193 Å². The molecular weight excluding hydrogens is 477 g/mol. The fraction of sp³-hybridized carbons (Fsp3) is 0.350. The van der Waals surface area contributed by atoms with Gasteiger partial charge in [-0.3, -0.25) is 19.8 Å². The van der Waals surface area contributed by atoms with Crippen molar-refractivity contribution in [3.63, 3.8) is 0 Å². The van der Waals surface area contributed by atoms with Crippen LogP contribution in [-0.4, -0.2) is 35.3 Å². The molecule has 0 spiro atoms. The van der Waals surface area contributed by atoms with Crippen LogP contribution in [0.2, 0.25) is 0 Å². The highest BCUT2D eigenvalue weighted by molar-refractivity contribution is 7.87. The molecule has 1 aliphatic carbocycles. The molecule has 3 heterocycles. The number of nitrogens with zero attached hydrogens (tertiary/aromatic N) is 4. The van der Waals surface area contributed by atoms with E-state index in [4.69, 9.17) is 0 Å². The van der Waals surface area contributed by atoms with Crippen molar-refractivity contribution in [2.24, 2.45) is 0 Å². The van der Waals surface area contributed by atoms with Gasteiger partial charge in [-0.05, 0) is 32.8 Å². The summed E-state index contributed by atoms with van der Waals surface area (Å²) in [4.78, 5) is 28.9. The van der Waals surface area contributed by atoms with E-state index in [9.17, 15) is 22.2 Å². The van der Waals surface area contributed by atoms with Gasteiger partial charge < -0.3 is 0 Å². The van der Waals surface area contributed by atoms with E-state index in [0.29, 0.717) is 16.4 Å². The molecule has 3 aromatic rings. The topological polar surface area (TPSA) is 110 Å². The van der Waals surface area contributed by atoms with E-state index >= 15 is 0 Å². The molecule has 0 bridgehead atoms. The van der Waals surface area contributed by atoms with Gasteiger partial charge in [-0.1, -0.05) is 0 Å². The number of hydrogen-bond acceptors (Lipinski definition) is 7. The largest absolute Gasteiger partial charge is 0.417 e. The van der Waals surface area contributed by atoms with Crippen molar-refractivity contribution in [1.82, 2.24) is 19.9 Å². The van der Waals surface area contributed by atoms with Gasteiger partial charge in [0.05, 0.1) is 21.9 Å². The number of rotatable bonds is 7. The van der Waals surface area contributed by atoms with E-state index in [1.54, 1.807) is 19.2 Å². The number of pyridine rings is 1. The number of carbonyl (C=O) groups excluding carboxylic acids is 1. The fourth-order valence-corrected chi connectivity index (χ4v) is 4.84. The molecule has 3 aromatic heterocycles. The van der Waals surface area contributed by atoms with E-state index in [1.165, 1.54) is 29.9 Å². The second-order valence-electron chi connectivity index (χ2n) is 7.97. The number of thiazole rings is 1. The third kappa shape index (κ3) is 5.36. The summed E-state index contributed by atoms with van der Waals surface area (Å²) in [5.41, 5.74) is -0.896. The third-order valence-corrected chi connectivity index (χ3v) is 7.36. The molecule has 0 saturated heterocycles. The maximum Gasteiger partial charge on any atom is 0.417 e. The highest BCUT2D eigenvalue weighted by Crippen LogP contribution is 2.32. The predicted octanol–water partition coefficient (Wildman–Crippen LogP) is 4.17. The van der Waals surface area contributed by atoms with Crippen molar-refractivity contribution in [2.75, 3.05) is 10.0 Å². The summed E-state index contributed by atoms with van der Waals surface area (Å²) in [6.07, 6.45) is 1.98. The lowest BCUT2D eigenvalue weighted by molar-refractivity contribution is -0.137. The normalized spacial score (nSPS) is 15.2. The van der Waals surface area contributed by atoms with Gasteiger partial charge in [0.15, 0.2) is 5.13 Å². The number of halogens is 3. The number of aromatic nitrogens is 4. The standard InChI is InChI=1S/C20H19F3N6O2S2/c1-19(2,15-10-32-18(27-15)29-33(31)14-3-4-14)16(30)28-17-25-7-12(8-26-17)11-5-13(9-24-6-11)20(21,22)23/h5-10,14H,3-4H2,1-2H3,(H,27,29)(H,25,26,28,30). The molecule has 1 saturated carbocycles. The highest BCUT2D eigenvalue weighted by atomic mass is 32.2. The van der Waals surface area contributed by atoms with E-state index in [1.807, 2.05) is 0 Å². The van der Waals surface area contributed by atoms with Crippen molar-refractivity contribution in [3.05, 3.63) is 47.5 Å². The smallest absolute Gasteiger partial charge is 0.294 e. The molecule has 1 aliphatic rings. The number of amides is 1. The van der Waals surface area contributed by atoms with Crippen molar-refractivity contribution >= 4 is 39.3 Å². The number of carbonyl (C=O) groups is 1. The van der Waals surface area contributed by atoms with Crippen molar-refractivity contribution in [1.29, 1.82) is 0 Å². The van der Waals surface area contributed by atoms with E-state index in [-0.39, 0.29) is 16.8 Å². The first kappa shape index (κ1) is 23.2. The Morgan fingerprint density at radius 3 is 2.45 bits per heavy atom. The molecule has 1 fully saturated rings. The van der Waals surface area contributed by atoms with Crippen LogP contribution in [0.15, 0.2) is 36.2 Å². The van der Waals surface area contributed by atoms with E-state index in [2.05, 4.69) is 30.0 Å². The molecule has 13 heteroatoms. The van der Waals surface area contributed by atoms with Crippen LogP contribution < -0.4 is 10.0 Å². The average molecular weight is 497 g/mol. The van der Waals surface area contributed by atoms with Crippen LogP contribution >= 0.6 is 11.3 Å². The molecule has 0 radical (unpaired) electrons. The van der Waals surface area contributed by atoms with Gasteiger partial charge in [-0.15, -0.1) is 11.3 Å². The predicted molar refractivity (Wildman–Crippen MR) is 119 cm³/mol. The van der Waals surface area contributed by atoms with Crippen LogP contribution in [-0.2, 0) is 27.4 Å². The van der Waals surface area contributed by atoms with Gasteiger partial charge in [0.2, 0.25) is 11.9 Å². The molecule has 0 aromatic carbocycles. The third-order valence-electron chi connectivity index (χ3n) is 5.00. The van der Waals surface area contributed by atoms with Crippen molar-refractivity contribution in [3.8, 4) is 11.1 Å². The van der Waals surface area contributed by atoms with Gasteiger partial charge in [-0.25, -0.2) is 19.2 Å². The Bertz CT molecular complexity index is 1190. The van der Waals surface area contributed by atoms with Crippen LogP contribution in [0.25, 0.3) is 11.1 Å². The van der Waals surface area contributed by atoms with Crippen LogP contribution in [0, 0.1) is 0 Å². The molecule has 1 amide bonds. The summed E-state index contributed by atoms with van der Waals surface area (Å²) in [7, 11) is -1.18. The maximum absolute atomic E-state index is 12.9.